The Morgan fingerprint density at radius 2 is 1.02 bits per heavy atom. The van der Waals surface area contributed by atoms with Crippen LogP contribution in [0.15, 0.2) is 48.6 Å². The number of hydrogen-bond donors (Lipinski definition) is 3. The van der Waals surface area contributed by atoms with E-state index in [0.717, 1.165) is 64.2 Å². The number of rotatable bonds is 42. The summed E-state index contributed by atoms with van der Waals surface area (Å²) >= 11 is 0. The minimum Gasteiger partial charge on any atom is -0.387 e. The highest BCUT2D eigenvalue weighted by molar-refractivity contribution is 7.47. The van der Waals surface area contributed by atoms with Crippen LogP contribution in [-0.4, -0.2) is 73.4 Å². The summed E-state index contributed by atoms with van der Waals surface area (Å²) in [7, 11) is 1.54. The van der Waals surface area contributed by atoms with Crippen LogP contribution in [0.3, 0.4) is 0 Å². The molecule has 8 nitrogen and oxygen atoms in total. The topological polar surface area (TPSA) is 105 Å². The van der Waals surface area contributed by atoms with Gasteiger partial charge in [0.15, 0.2) is 0 Å². The van der Waals surface area contributed by atoms with Crippen molar-refractivity contribution in [1.82, 2.24) is 5.32 Å². The Morgan fingerprint density at radius 1 is 0.596 bits per heavy atom. The zero-order chi connectivity index (χ0) is 42.1. The third kappa shape index (κ3) is 42.4. The molecule has 0 aliphatic rings. The molecule has 0 saturated heterocycles. The number of aliphatic hydroxyl groups excluding tert-OH is 1. The minimum absolute atomic E-state index is 0.0521. The number of nitrogens with zero attached hydrogens (tertiary/aromatic N) is 1. The van der Waals surface area contributed by atoms with Crippen LogP contribution in [0.5, 0.6) is 0 Å². The lowest BCUT2D eigenvalue weighted by Gasteiger charge is -2.25. The zero-order valence-electron chi connectivity index (χ0n) is 37.8. The maximum atomic E-state index is 12.9. The van der Waals surface area contributed by atoms with Gasteiger partial charge in [-0.1, -0.05) is 178 Å². The predicted octanol–water partition coefficient (Wildman–Crippen LogP) is 13.2. The molecule has 0 spiro atoms. The van der Waals surface area contributed by atoms with Crippen molar-refractivity contribution in [3.05, 3.63) is 48.6 Å². The largest absolute Gasteiger partial charge is 0.472 e. The molecule has 3 N–H and O–H groups in total. The van der Waals surface area contributed by atoms with Crippen LogP contribution in [0.2, 0.25) is 0 Å². The Labute approximate surface area is 352 Å². The maximum Gasteiger partial charge on any atom is 0.472 e. The third-order valence-corrected chi connectivity index (χ3v) is 11.3. The quantitative estimate of drug-likeness (QED) is 0.0245. The van der Waals surface area contributed by atoms with Gasteiger partial charge < -0.3 is 19.8 Å². The van der Waals surface area contributed by atoms with E-state index in [2.05, 4.69) is 55.6 Å². The number of unbranched alkanes of at least 4 members (excludes halogenated alkanes) is 23. The van der Waals surface area contributed by atoms with Gasteiger partial charge in [-0.2, -0.15) is 0 Å². The van der Waals surface area contributed by atoms with Gasteiger partial charge in [-0.25, -0.2) is 4.57 Å². The van der Waals surface area contributed by atoms with Gasteiger partial charge in [0, 0.05) is 6.42 Å². The van der Waals surface area contributed by atoms with Gasteiger partial charge >= 0.3 is 7.82 Å². The lowest BCUT2D eigenvalue weighted by molar-refractivity contribution is -0.870. The van der Waals surface area contributed by atoms with E-state index in [-0.39, 0.29) is 19.1 Å². The fraction of sp³-hybridized carbons (Fsp3) is 0.812. The van der Waals surface area contributed by atoms with Crippen molar-refractivity contribution < 1.29 is 32.9 Å². The minimum atomic E-state index is -4.35. The molecule has 0 aromatic rings. The summed E-state index contributed by atoms with van der Waals surface area (Å²) in [5, 5.41) is 13.8. The van der Waals surface area contributed by atoms with E-state index in [1.807, 2.05) is 27.2 Å². The molecule has 0 radical (unpaired) electrons. The first-order chi connectivity index (χ1) is 27.5. The normalized spacial score (nSPS) is 14.7. The van der Waals surface area contributed by atoms with Crippen LogP contribution < -0.4 is 5.32 Å². The van der Waals surface area contributed by atoms with E-state index in [9.17, 15) is 19.4 Å². The highest BCUT2D eigenvalue weighted by Crippen LogP contribution is 2.43. The summed E-state index contributed by atoms with van der Waals surface area (Å²) in [4.78, 5) is 23.1. The summed E-state index contributed by atoms with van der Waals surface area (Å²) in [6, 6.07) is -0.870. The van der Waals surface area contributed by atoms with Crippen molar-refractivity contribution in [1.29, 1.82) is 0 Å². The molecule has 0 aliphatic carbocycles. The standard InChI is InChI=1S/C48H91N2O6P/c1-6-8-10-12-14-16-18-20-22-23-24-25-26-28-29-31-33-35-37-39-41-47(51)46(45-56-57(53,54)55-44-43-50(3,4)5)49-48(52)42-40-38-36-34-32-30-27-21-19-17-15-13-11-9-7-2/h15,17,21,27,31,33,39,41,46-47,51H,6-14,16,18-20,22-26,28-30,32,34-38,40,42-45H2,1-5H3,(H-,49,52,53,54)/p+1/b17-15-,27-21-,33-31+,41-39+. The monoisotopic (exact) mass is 824 g/mol. The first kappa shape index (κ1) is 55.5. The van der Waals surface area contributed by atoms with E-state index in [1.54, 1.807) is 6.08 Å². The van der Waals surface area contributed by atoms with Gasteiger partial charge in [0.1, 0.15) is 13.2 Å². The zero-order valence-corrected chi connectivity index (χ0v) is 38.7. The number of carbonyl (C=O) groups excluding carboxylic acids is 1. The smallest absolute Gasteiger partial charge is 0.387 e. The molecule has 0 aliphatic heterocycles. The van der Waals surface area contributed by atoms with Gasteiger partial charge in [-0.15, -0.1) is 0 Å². The van der Waals surface area contributed by atoms with E-state index in [1.165, 1.54) is 116 Å². The van der Waals surface area contributed by atoms with E-state index >= 15 is 0 Å². The van der Waals surface area contributed by atoms with E-state index in [4.69, 9.17) is 9.05 Å². The van der Waals surface area contributed by atoms with Crippen LogP contribution in [0.25, 0.3) is 0 Å². The number of aliphatic hydroxyl groups is 1. The van der Waals surface area contributed by atoms with Crippen molar-refractivity contribution in [3.8, 4) is 0 Å². The van der Waals surface area contributed by atoms with Crippen LogP contribution in [0, 0.1) is 0 Å². The second-order valence-electron chi connectivity index (χ2n) is 17.1. The SMILES string of the molecule is CCCCC/C=C\C/C=C\CCCCCCCC(=O)NC(COP(=O)(O)OCC[N+](C)(C)C)C(O)/C=C/CC/C=C/CCCCCCCCCCCCCCCC. The third-order valence-electron chi connectivity index (χ3n) is 10.3. The number of carbonyl (C=O) groups is 1. The van der Waals surface area contributed by atoms with Gasteiger partial charge in [-0.3, -0.25) is 13.8 Å². The maximum absolute atomic E-state index is 12.9. The Balaban J connectivity index is 4.45. The number of hydrogen-bond acceptors (Lipinski definition) is 5. The Bertz CT molecular complexity index is 1070. The molecule has 0 aromatic heterocycles. The average Bonchev–Trinajstić information content (AvgIpc) is 3.16. The molecule has 3 atom stereocenters. The lowest BCUT2D eigenvalue weighted by atomic mass is 10.0. The van der Waals surface area contributed by atoms with Crippen molar-refractivity contribution in [3.63, 3.8) is 0 Å². The number of nitrogens with one attached hydrogen (secondary N) is 1. The molecule has 0 fully saturated rings. The number of likely N-dealkylation sites (N-methyl/N-ethyl adjacent to an activating group) is 1. The van der Waals surface area contributed by atoms with E-state index in [0.29, 0.717) is 17.4 Å². The van der Waals surface area contributed by atoms with Crippen molar-refractivity contribution >= 4 is 13.7 Å². The Hall–Kier alpha value is -1.54. The van der Waals surface area contributed by atoms with Crippen molar-refractivity contribution in [2.45, 2.75) is 212 Å². The second-order valence-corrected chi connectivity index (χ2v) is 18.6. The van der Waals surface area contributed by atoms with Gasteiger partial charge in [0.05, 0.1) is 39.9 Å². The number of amides is 1. The first-order valence-corrected chi connectivity index (χ1v) is 25.0. The summed E-state index contributed by atoms with van der Waals surface area (Å²) in [6.07, 6.45) is 50.4. The first-order valence-electron chi connectivity index (χ1n) is 23.5. The fourth-order valence-electron chi connectivity index (χ4n) is 6.50. The Morgan fingerprint density at radius 3 is 1.54 bits per heavy atom. The van der Waals surface area contributed by atoms with Gasteiger partial charge in [0.2, 0.25) is 5.91 Å². The molecule has 0 aromatic carbocycles. The fourth-order valence-corrected chi connectivity index (χ4v) is 7.23. The summed E-state index contributed by atoms with van der Waals surface area (Å²) < 4.78 is 23.6. The molecule has 3 unspecified atom stereocenters. The number of quaternary nitrogens is 1. The average molecular weight is 824 g/mol. The molecule has 0 saturated carbocycles. The van der Waals surface area contributed by atoms with Crippen LogP contribution in [0.1, 0.15) is 200 Å². The summed E-state index contributed by atoms with van der Waals surface area (Å²) in [6.45, 7) is 4.75. The molecule has 0 bridgehead atoms. The van der Waals surface area contributed by atoms with Crippen LogP contribution >= 0.6 is 7.82 Å². The van der Waals surface area contributed by atoms with Crippen molar-refractivity contribution in [2.75, 3.05) is 40.9 Å². The molecule has 9 heteroatoms. The van der Waals surface area contributed by atoms with Crippen molar-refractivity contribution in [2.24, 2.45) is 0 Å². The number of phosphoric acid groups is 1. The predicted molar refractivity (Wildman–Crippen MR) is 244 cm³/mol. The lowest BCUT2D eigenvalue weighted by Crippen LogP contribution is -2.45. The molecule has 0 rings (SSSR count). The summed E-state index contributed by atoms with van der Waals surface area (Å²) in [5.41, 5.74) is 0. The summed E-state index contributed by atoms with van der Waals surface area (Å²) in [5.74, 6) is -0.202. The number of allylic oxidation sites excluding steroid dienone is 7. The molecule has 1 amide bonds. The van der Waals surface area contributed by atoms with Gasteiger partial charge in [0.25, 0.3) is 0 Å². The molecular weight excluding hydrogens is 732 g/mol. The van der Waals surface area contributed by atoms with Crippen LogP contribution in [0.4, 0.5) is 0 Å². The highest BCUT2D eigenvalue weighted by Gasteiger charge is 2.27. The molecule has 334 valence electrons. The molecular formula is C48H92N2O6P+. The Kier molecular flexibility index (Phi) is 38.8. The van der Waals surface area contributed by atoms with E-state index < -0.39 is 20.0 Å². The highest BCUT2D eigenvalue weighted by atomic mass is 31.2. The van der Waals surface area contributed by atoms with Gasteiger partial charge in [-0.05, 0) is 64.2 Å². The van der Waals surface area contributed by atoms with Crippen LogP contribution in [-0.2, 0) is 18.4 Å². The second kappa shape index (κ2) is 39.9. The molecule has 0 heterocycles. The molecule has 57 heavy (non-hydrogen) atoms. The number of phosphoric ester groups is 1.